The van der Waals surface area contributed by atoms with Gasteiger partial charge in [-0.2, -0.15) is 4.98 Å². The topological polar surface area (TPSA) is 78.9 Å². The van der Waals surface area contributed by atoms with Gasteiger partial charge in [-0.15, -0.1) is 0 Å². The lowest BCUT2D eigenvalue weighted by molar-refractivity contribution is 0.440. The fourth-order valence-corrected chi connectivity index (χ4v) is 1.61. The van der Waals surface area contributed by atoms with E-state index in [9.17, 15) is 9.90 Å². The zero-order chi connectivity index (χ0) is 12.3. The predicted octanol–water partition coefficient (Wildman–Crippen LogP) is 1.02. The molecule has 0 aliphatic rings. The van der Waals surface area contributed by atoms with Gasteiger partial charge in [0.15, 0.2) is 0 Å². The number of aromatic nitrogens is 3. The second-order valence-electron chi connectivity index (χ2n) is 3.67. The Kier molecular flexibility index (Phi) is 3.18. The summed E-state index contributed by atoms with van der Waals surface area (Å²) in [6, 6.07) is 5.52. The van der Waals surface area contributed by atoms with Gasteiger partial charge in [-0.25, -0.2) is 0 Å². The monoisotopic (exact) mass is 231 g/mol. The summed E-state index contributed by atoms with van der Waals surface area (Å²) < 4.78 is 0. The lowest BCUT2D eigenvalue weighted by Crippen LogP contribution is -2.16. The first-order valence-corrected chi connectivity index (χ1v) is 5.41. The highest BCUT2D eigenvalue weighted by molar-refractivity contribution is 5.23. The molecule has 0 aromatic carbocycles. The van der Waals surface area contributed by atoms with Crippen molar-refractivity contribution in [2.45, 2.75) is 19.8 Å². The smallest absolute Gasteiger partial charge is 0.257 e. The van der Waals surface area contributed by atoms with Crippen LogP contribution in [0.1, 0.15) is 24.0 Å². The molecular formula is C12H13N3O2. The molecule has 2 aromatic heterocycles. The lowest BCUT2D eigenvalue weighted by atomic mass is 10.2. The molecule has 0 atom stereocenters. The summed E-state index contributed by atoms with van der Waals surface area (Å²) in [6.45, 7) is 1.80. The van der Waals surface area contributed by atoms with E-state index in [0.717, 1.165) is 5.69 Å². The number of aromatic hydroxyl groups is 1. The van der Waals surface area contributed by atoms with Gasteiger partial charge >= 0.3 is 0 Å². The van der Waals surface area contributed by atoms with Crippen LogP contribution >= 0.6 is 0 Å². The molecule has 0 radical (unpaired) electrons. The number of rotatable bonds is 3. The minimum Gasteiger partial charge on any atom is -0.493 e. The Balaban J connectivity index is 2.32. The molecule has 2 aromatic rings. The van der Waals surface area contributed by atoms with Crippen LogP contribution in [0.5, 0.6) is 5.88 Å². The van der Waals surface area contributed by atoms with Crippen LogP contribution in [-0.2, 0) is 12.8 Å². The van der Waals surface area contributed by atoms with Crippen LogP contribution in [0.15, 0.2) is 29.2 Å². The van der Waals surface area contributed by atoms with Gasteiger partial charge in [0.25, 0.3) is 5.56 Å². The lowest BCUT2D eigenvalue weighted by Gasteiger charge is -2.03. The van der Waals surface area contributed by atoms with Crippen molar-refractivity contribution in [2.75, 3.05) is 0 Å². The third-order valence-electron chi connectivity index (χ3n) is 2.47. The molecule has 5 heteroatoms. The van der Waals surface area contributed by atoms with Crippen molar-refractivity contribution in [1.82, 2.24) is 15.0 Å². The van der Waals surface area contributed by atoms with E-state index in [1.54, 1.807) is 13.1 Å². The number of pyridine rings is 1. The van der Waals surface area contributed by atoms with E-state index in [4.69, 9.17) is 0 Å². The minimum atomic E-state index is -0.286. The first-order valence-electron chi connectivity index (χ1n) is 5.41. The zero-order valence-corrected chi connectivity index (χ0v) is 9.47. The molecule has 0 spiro atoms. The molecule has 2 heterocycles. The fraction of sp³-hybridized carbons (Fsp3) is 0.250. The number of hydrogen-bond donors (Lipinski definition) is 2. The number of aromatic amines is 1. The number of nitrogens with zero attached hydrogens (tertiary/aromatic N) is 2. The van der Waals surface area contributed by atoms with E-state index in [-0.39, 0.29) is 11.4 Å². The number of nitrogens with one attached hydrogen (secondary N) is 1. The first kappa shape index (κ1) is 11.3. The average Bonchev–Trinajstić information content (AvgIpc) is 2.30. The molecule has 2 N–H and O–H groups in total. The van der Waals surface area contributed by atoms with Crippen LogP contribution < -0.4 is 5.56 Å². The quantitative estimate of drug-likeness (QED) is 0.826. The molecule has 0 amide bonds. The second-order valence-corrected chi connectivity index (χ2v) is 3.67. The summed E-state index contributed by atoms with van der Waals surface area (Å²) in [6.07, 6.45) is 2.53. The summed E-state index contributed by atoms with van der Waals surface area (Å²) in [5.74, 6) is 0.227. The molecule has 2 rings (SSSR count). The third-order valence-corrected chi connectivity index (χ3v) is 2.47. The van der Waals surface area contributed by atoms with Crippen LogP contribution in [-0.4, -0.2) is 20.1 Å². The molecule has 0 fully saturated rings. The summed E-state index contributed by atoms with van der Waals surface area (Å²) >= 11 is 0. The molecule has 0 aliphatic carbocycles. The predicted molar refractivity (Wildman–Crippen MR) is 62.9 cm³/mol. The molecule has 0 saturated heterocycles. The second kappa shape index (κ2) is 4.78. The van der Waals surface area contributed by atoms with E-state index in [2.05, 4.69) is 15.0 Å². The van der Waals surface area contributed by atoms with Crippen molar-refractivity contribution in [1.29, 1.82) is 0 Å². The minimum absolute atomic E-state index is 0.192. The van der Waals surface area contributed by atoms with E-state index >= 15 is 0 Å². The van der Waals surface area contributed by atoms with Crippen LogP contribution in [0.4, 0.5) is 0 Å². The Bertz CT molecular complexity index is 564. The van der Waals surface area contributed by atoms with Crippen molar-refractivity contribution in [2.24, 2.45) is 0 Å². The van der Waals surface area contributed by atoms with Crippen molar-refractivity contribution in [3.8, 4) is 5.88 Å². The Morgan fingerprint density at radius 2 is 2.24 bits per heavy atom. The number of H-pyrrole nitrogens is 1. The Hall–Kier alpha value is -2.17. The molecule has 0 unspecified atom stereocenters. The maximum Gasteiger partial charge on any atom is 0.257 e. The van der Waals surface area contributed by atoms with Crippen molar-refractivity contribution in [3.05, 3.63) is 51.8 Å². The van der Waals surface area contributed by atoms with Crippen LogP contribution in [0.2, 0.25) is 0 Å². The highest BCUT2D eigenvalue weighted by atomic mass is 16.3. The Morgan fingerprint density at radius 3 is 2.82 bits per heavy atom. The van der Waals surface area contributed by atoms with Crippen LogP contribution in [0.3, 0.4) is 0 Å². The molecular weight excluding hydrogens is 218 g/mol. The van der Waals surface area contributed by atoms with Gasteiger partial charge in [0, 0.05) is 18.3 Å². The molecule has 0 aliphatic heterocycles. The van der Waals surface area contributed by atoms with E-state index in [1.807, 2.05) is 18.2 Å². The summed E-state index contributed by atoms with van der Waals surface area (Å²) in [4.78, 5) is 22.3. The molecule has 17 heavy (non-hydrogen) atoms. The summed E-state index contributed by atoms with van der Waals surface area (Å²) in [5.41, 5.74) is 0.819. The largest absolute Gasteiger partial charge is 0.493 e. The van der Waals surface area contributed by atoms with Crippen LogP contribution in [0.25, 0.3) is 0 Å². The standard InChI is InChI=1S/C12H13N3O2/c1-2-9-11(16)14-10(15-12(9)17)7-8-5-3-4-6-13-8/h3-6H,2,7H2,1H3,(H2,14,15,16,17). The summed E-state index contributed by atoms with van der Waals surface area (Å²) in [7, 11) is 0. The summed E-state index contributed by atoms with van der Waals surface area (Å²) in [5, 5.41) is 9.60. The fourth-order valence-electron chi connectivity index (χ4n) is 1.61. The maximum absolute atomic E-state index is 11.6. The molecule has 5 nitrogen and oxygen atoms in total. The van der Waals surface area contributed by atoms with Gasteiger partial charge in [-0.3, -0.25) is 9.78 Å². The van der Waals surface area contributed by atoms with E-state index in [0.29, 0.717) is 24.2 Å². The highest BCUT2D eigenvalue weighted by Crippen LogP contribution is 2.10. The molecule has 0 saturated carbocycles. The van der Waals surface area contributed by atoms with Gasteiger partial charge < -0.3 is 10.1 Å². The normalized spacial score (nSPS) is 10.4. The van der Waals surface area contributed by atoms with E-state index < -0.39 is 0 Å². The van der Waals surface area contributed by atoms with Crippen LogP contribution in [0, 0.1) is 0 Å². The van der Waals surface area contributed by atoms with Crippen molar-refractivity contribution < 1.29 is 5.11 Å². The van der Waals surface area contributed by atoms with Gasteiger partial charge in [-0.05, 0) is 18.6 Å². The van der Waals surface area contributed by atoms with Gasteiger partial charge in [0.05, 0.1) is 5.56 Å². The molecule has 88 valence electrons. The average molecular weight is 231 g/mol. The third kappa shape index (κ3) is 2.50. The van der Waals surface area contributed by atoms with Gasteiger partial charge in [-0.1, -0.05) is 13.0 Å². The molecule has 0 bridgehead atoms. The van der Waals surface area contributed by atoms with E-state index in [1.165, 1.54) is 0 Å². The van der Waals surface area contributed by atoms with Crippen molar-refractivity contribution >= 4 is 0 Å². The SMILES string of the molecule is CCc1c(O)nc(Cc2ccccn2)[nH]c1=O. The maximum atomic E-state index is 11.6. The van der Waals surface area contributed by atoms with Crippen molar-refractivity contribution in [3.63, 3.8) is 0 Å². The zero-order valence-electron chi connectivity index (χ0n) is 9.47. The first-order chi connectivity index (χ1) is 8.20. The van der Waals surface area contributed by atoms with Gasteiger partial charge in [0.2, 0.25) is 5.88 Å². The van der Waals surface area contributed by atoms with Gasteiger partial charge in [0.1, 0.15) is 5.82 Å². The number of hydrogen-bond acceptors (Lipinski definition) is 4. The Morgan fingerprint density at radius 1 is 1.41 bits per heavy atom. The Labute approximate surface area is 98.2 Å². The highest BCUT2D eigenvalue weighted by Gasteiger charge is 2.09.